The van der Waals surface area contributed by atoms with Crippen LogP contribution in [0.3, 0.4) is 0 Å². The maximum absolute atomic E-state index is 12.1. The second kappa shape index (κ2) is 10.4. The van der Waals surface area contributed by atoms with Crippen molar-refractivity contribution >= 4 is 21.5 Å². The van der Waals surface area contributed by atoms with E-state index in [1.54, 1.807) is 0 Å². The zero-order valence-corrected chi connectivity index (χ0v) is 19.3. The van der Waals surface area contributed by atoms with Crippen molar-refractivity contribution in [2.75, 3.05) is 12.3 Å². The van der Waals surface area contributed by atoms with Crippen LogP contribution in [0.15, 0.2) is 17.1 Å². The molecule has 0 spiro atoms. The van der Waals surface area contributed by atoms with Gasteiger partial charge in [0.25, 0.3) is 0 Å². The molecule has 2 aliphatic heterocycles. The molecule has 1 aromatic rings. The Bertz CT molecular complexity index is 1020. The molecule has 0 radical (unpaired) electrons. The molecule has 19 heteroatoms. The summed E-state index contributed by atoms with van der Waals surface area (Å²) in [5, 5.41) is 39.7. The zero-order chi connectivity index (χ0) is 25.4. The maximum atomic E-state index is 12.1. The Labute approximate surface area is 191 Å². The van der Waals surface area contributed by atoms with Gasteiger partial charge in [0.2, 0.25) is 0 Å². The number of phosphoric acid groups is 2. The average molecular weight is 533 g/mol. The first-order valence-electron chi connectivity index (χ1n) is 9.77. The van der Waals surface area contributed by atoms with Crippen LogP contribution in [0.2, 0.25) is 0 Å². The summed E-state index contributed by atoms with van der Waals surface area (Å²) in [4.78, 5) is 34.9. The van der Waals surface area contributed by atoms with E-state index in [4.69, 9.17) is 15.2 Å². The molecule has 0 aromatic carbocycles. The Balaban J connectivity index is 1.59. The number of hydrogen-bond donors (Lipinski definition) is 7. The molecule has 0 bridgehead atoms. The average Bonchev–Trinajstić information content (AvgIpc) is 2.98. The summed E-state index contributed by atoms with van der Waals surface area (Å²) in [6.45, 7) is 0.477. The van der Waals surface area contributed by atoms with Crippen molar-refractivity contribution in [1.29, 1.82) is 0 Å². The standard InChI is InChI=1S/C15H25N3O14P2/c1-6-7(19)4-8(20)14(29-6)31-34(26,27)32-33(24,25)28-5-9-11(21)12(22)13(30-9)18-3-2-10(16)17-15(18)23/h2-3,6-9,11-14,19-22H,4-5H2,1H3,(H,24,25)(H,26,27)(H2,16,17,23)/t6-,7+,8-,9-,11-,12-,13-,14-/m1/s1. The van der Waals surface area contributed by atoms with Gasteiger partial charge >= 0.3 is 21.3 Å². The van der Waals surface area contributed by atoms with Crippen molar-refractivity contribution in [3.05, 3.63) is 22.7 Å². The van der Waals surface area contributed by atoms with Crippen LogP contribution in [-0.4, -0.2) is 89.3 Å². The lowest BCUT2D eigenvalue weighted by atomic mass is 10.0. The first-order chi connectivity index (χ1) is 15.7. The summed E-state index contributed by atoms with van der Waals surface area (Å²) in [7, 11) is -10.7. The molecule has 194 valence electrons. The van der Waals surface area contributed by atoms with Crippen LogP contribution in [-0.2, 0) is 32.0 Å². The first kappa shape index (κ1) is 27.3. The lowest BCUT2D eigenvalue weighted by Gasteiger charge is -2.35. The molecule has 1 aromatic heterocycles. The summed E-state index contributed by atoms with van der Waals surface area (Å²) in [6.07, 6.45) is -10.7. The van der Waals surface area contributed by atoms with Gasteiger partial charge in [-0.15, -0.1) is 0 Å². The van der Waals surface area contributed by atoms with Gasteiger partial charge < -0.3 is 45.4 Å². The molecular weight excluding hydrogens is 508 g/mol. The van der Waals surface area contributed by atoms with Gasteiger partial charge in [-0.2, -0.15) is 9.29 Å². The number of nitrogens with zero attached hydrogens (tertiary/aromatic N) is 2. The third-order valence-corrected chi connectivity index (χ3v) is 7.60. The summed E-state index contributed by atoms with van der Waals surface area (Å²) in [5.41, 5.74) is 4.48. The monoisotopic (exact) mass is 533 g/mol. The molecule has 0 aliphatic carbocycles. The Morgan fingerprint density at radius 3 is 2.47 bits per heavy atom. The molecule has 8 N–H and O–H groups in total. The van der Waals surface area contributed by atoms with E-state index in [0.717, 1.165) is 10.8 Å². The molecule has 3 rings (SSSR count). The fraction of sp³-hybridized carbons (Fsp3) is 0.733. The van der Waals surface area contributed by atoms with Gasteiger partial charge in [-0.05, 0) is 13.0 Å². The molecule has 10 atom stereocenters. The molecule has 3 heterocycles. The van der Waals surface area contributed by atoms with Crippen molar-refractivity contribution < 1.29 is 62.2 Å². The summed E-state index contributed by atoms with van der Waals surface area (Å²) in [5.74, 6) is -0.0973. The number of aliphatic hydroxyl groups is 4. The number of nitrogens with two attached hydrogens (primary N) is 1. The Morgan fingerprint density at radius 2 is 1.82 bits per heavy atom. The third kappa shape index (κ3) is 6.47. The van der Waals surface area contributed by atoms with Crippen LogP contribution >= 0.6 is 15.6 Å². The fourth-order valence-corrected chi connectivity index (χ4v) is 5.40. The summed E-state index contributed by atoms with van der Waals surface area (Å²) >= 11 is 0. The Morgan fingerprint density at radius 1 is 1.15 bits per heavy atom. The predicted octanol–water partition coefficient (Wildman–Crippen LogP) is -2.45. The molecule has 2 fully saturated rings. The van der Waals surface area contributed by atoms with Crippen LogP contribution < -0.4 is 11.4 Å². The van der Waals surface area contributed by atoms with Crippen molar-refractivity contribution in [2.45, 2.75) is 62.5 Å². The third-order valence-electron chi connectivity index (χ3n) is 5.00. The van der Waals surface area contributed by atoms with Gasteiger partial charge in [0.1, 0.15) is 30.2 Å². The number of aliphatic hydroxyl groups excluding tert-OH is 4. The van der Waals surface area contributed by atoms with E-state index < -0.39 is 77.1 Å². The predicted molar refractivity (Wildman–Crippen MR) is 108 cm³/mol. The van der Waals surface area contributed by atoms with Gasteiger partial charge in [0.15, 0.2) is 12.5 Å². The second-order valence-electron chi connectivity index (χ2n) is 7.59. The topological polar surface area (TPSA) is 263 Å². The van der Waals surface area contributed by atoms with Gasteiger partial charge in [0.05, 0.1) is 18.8 Å². The summed E-state index contributed by atoms with van der Waals surface area (Å²) in [6, 6.07) is 1.23. The molecule has 0 amide bonds. The zero-order valence-electron chi connectivity index (χ0n) is 17.5. The van der Waals surface area contributed by atoms with E-state index in [1.165, 1.54) is 13.0 Å². The Kier molecular flexibility index (Phi) is 8.32. The van der Waals surface area contributed by atoms with E-state index in [-0.39, 0.29) is 12.2 Å². The van der Waals surface area contributed by atoms with Crippen LogP contribution in [0.4, 0.5) is 5.82 Å². The highest BCUT2D eigenvalue weighted by molar-refractivity contribution is 7.61. The molecule has 34 heavy (non-hydrogen) atoms. The number of hydrogen-bond acceptors (Lipinski definition) is 14. The number of anilines is 1. The van der Waals surface area contributed by atoms with Crippen LogP contribution in [0.1, 0.15) is 19.6 Å². The summed E-state index contributed by atoms with van der Waals surface area (Å²) < 4.78 is 48.7. The van der Waals surface area contributed by atoms with Crippen LogP contribution in [0.25, 0.3) is 0 Å². The number of rotatable bonds is 8. The molecule has 2 saturated heterocycles. The van der Waals surface area contributed by atoms with E-state index in [2.05, 4.69) is 18.3 Å². The first-order valence-corrected chi connectivity index (χ1v) is 12.8. The fourth-order valence-electron chi connectivity index (χ4n) is 3.23. The maximum Gasteiger partial charge on any atom is 0.483 e. The van der Waals surface area contributed by atoms with Gasteiger partial charge in [-0.3, -0.25) is 13.6 Å². The number of ether oxygens (including phenoxy) is 2. The SMILES string of the molecule is C[C@H]1O[C@H](OP(=O)(O)OP(=O)(O)OC[C@H]2O[C@@H](n3ccc(N)nc3=O)[C@H](O)[C@@H]2O)[C@H](O)C[C@@H]1O. The molecule has 2 unspecified atom stereocenters. The quantitative estimate of drug-likeness (QED) is 0.171. The Hall–Kier alpha value is -1.30. The van der Waals surface area contributed by atoms with Crippen LogP contribution in [0.5, 0.6) is 0 Å². The van der Waals surface area contributed by atoms with Gasteiger partial charge in [-0.25, -0.2) is 13.9 Å². The van der Waals surface area contributed by atoms with Crippen molar-refractivity contribution in [2.24, 2.45) is 0 Å². The van der Waals surface area contributed by atoms with E-state index in [9.17, 15) is 44.1 Å². The van der Waals surface area contributed by atoms with E-state index >= 15 is 0 Å². The van der Waals surface area contributed by atoms with Crippen molar-refractivity contribution in [3.63, 3.8) is 0 Å². The lowest BCUT2D eigenvalue weighted by Crippen LogP contribution is -2.46. The minimum atomic E-state index is -5.35. The largest absolute Gasteiger partial charge is 0.483 e. The van der Waals surface area contributed by atoms with Crippen LogP contribution in [0, 0.1) is 0 Å². The minimum Gasteiger partial charge on any atom is -0.390 e. The van der Waals surface area contributed by atoms with Gasteiger partial charge in [0, 0.05) is 12.6 Å². The molecule has 17 nitrogen and oxygen atoms in total. The number of phosphoric ester groups is 2. The molecule has 2 aliphatic rings. The highest BCUT2D eigenvalue weighted by Crippen LogP contribution is 2.61. The lowest BCUT2D eigenvalue weighted by molar-refractivity contribution is -0.233. The second-order valence-corrected chi connectivity index (χ2v) is 10.6. The van der Waals surface area contributed by atoms with Crippen molar-refractivity contribution in [3.8, 4) is 0 Å². The number of aromatic nitrogens is 2. The highest BCUT2D eigenvalue weighted by Gasteiger charge is 2.47. The normalized spacial score (nSPS) is 37.7. The highest BCUT2D eigenvalue weighted by atomic mass is 31.3. The van der Waals surface area contributed by atoms with Gasteiger partial charge in [-0.1, -0.05) is 0 Å². The smallest absolute Gasteiger partial charge is 0.390 e. The molecule has 0 saturated carbocycles. The van der Waals surface area contributed by atoms with E-state index in [0.29, 0.717) is 0 Å². The minimum absolute atomic E-state index is 0.0973. The van der Waals surface area contributed by atoms with Crippen molar-refractivity contribution in [1.82, 2.24) is 9.55 Å². The molecular formula is C15H25N3O14P2. The van der Waals surface area contributed by atoms with E-state index in [1.807, 2.05) is 0 Å². The number of nitrogen functional groups attached to an aromatic ring is 1.